The van der Waals surface area contributed by atoms with Gasteiger partial charge in [0.15, 0.2) is 11.5 Å². The SMILES string of the molecule is [2H]C(C)(C)OCC(C)COc1cc(C(C)[C@H](C(C)CC)C(C)[C@](C)(N)[C@@H](C[C@](C)(C(=O)NCC(C)(C(N)=O)C(C)(C)C)C(C)C(C)C)OC)ccc1OCC. The van der Waals surface area contributed by atoms with E-state index in [2.05, 4.69) is 72.8 Å². The fourth-order valence-corrected chi connectivity index (χ4v) is 7.75. The maximum atomic E-state index is 14.4. The number of nitrogens with two attached hydrogens (primary N) is 2. The molecule has 2 amide bonds. The highest BCUT2D eigenvalue weighted by Crippen LogP contribution is 2.47. The van der Waals surface area contributed by atoms with Crippen molar-refractivity contribution in [1.82, 2.24) is 5.32 Å². The first-order valence-electron chi connectivity index (χ1n) is 21.0. The number of rotatable bonds is 24. The smallest absolute Gasteiger partial charge is 0.226 e. The first kappa shape index (κ1) is 47.8. The summed E-state index contributed by atoms with van der Waals surface area (Å²) in [5.41, 5.74) is 11.4. The lowest BCUT2D eigenvalue weighted by Gasteiger charge is -2.49. The summed E-state index contributed by atoms with van der Waals surface area (Å²) in [5.74, 6) is 1.61. The Hall–Kier alpha value is -2.36. The van der Waals surface area contributed by atoms with Gasteiger partial charge in [0.25, 0.3) is 0 Å². The molecule has 1 aromatic rings. The van der Waals surface area contributed by atoms with Crippen LogP contribution in [0.3, 0.4) is 0 Å². The minimum Gasteiger partial charge on any atom is -0.490 e. The van der Waals surface area contributed by atoms with Gasteiger partial charge >= 0.3 is 0 Å². The van der Waals surface area contributed by atoms with E-state index in [-0.39, 0.29) is 48.0 Å². The van der Waals surface area contributed by atoms with E-state index in [1.807, 2.05) is 54.5 Å². The molecule has 54 heavy (non-hydrogen) atoms. The van der Waals surface area contributed by atoms with Crippen molar-refractivity contribution in [3.63, 3.8) is 0 Å². The van der Waals surface area contributed by atoms with Gasteiger partial charge in [-0.2, -0.15) is 0 Å². The van der Waals surface area contributed by atoms with Crippen LogP contribution < -0.4 is 26.3 Å². The maximum absolute atomic E-state index is 14.4. The third-order valence-electron chi connectivity index (χ3n) is 13.3. The van der Waals surface area contributed by atoms with Crippen molar-refractivity contribution in [2.75, 3.05) is 33.5 Å². The Bertz CT molecular complexity index is 1360. The molecule has 1 aromatic carbocycles. The zero-order chi connectivity index (χ0) is 42.9. The molecule has 1 rings (SSSR count). The van der Waals surface area contributed by atoms with Gasteiger partial charge in [-0.25, -0.2) is 0 Å². The maximum Gasteiger partial charge on any atom is 0.226 e. The zero-order valence-corrected chi connectivity index (χ0v) is 37.7. The Balaban J connectivity index is 3.58. The van der Waals surface area contributed by atoms with E-state index in [0.29, 0.717) is 43.7 Å². The minimum atomic E-state index is -0.959. The van der Waals surface area contributed by atoms with Crippen LogP contribution in [0.1, 0.15) is 143 Å². The van der Waals surface area contributed by atoms with Crippen LogP contribution in [0.5, 0.6) is 11.5 Å². The molecule has 6 unspecified atom stereocenters. The van der Waals surface area contributed by atoms with E-state index in [1.54, 1.807) is 21.0 Å². The Morgan fingerprint density at radius 1 is 0.870 bits per heavy atom. The molecule has 0 bridgehead atoms. The van der Waals surface area contributed by atoms with Crippen LogP contribution in [0, 0.1) is 51.8 Å². The standard InChI is InChI=1S/C45H83N3O6/c1-19-31(8)39(32(9)35-21-22-36(52-20-2)37(23-35)54-26-30(7)25-53-29(5)6)34(11)45(17,47)38(51-18)24-43(15,33(10)28(3)4)41(50)48-27-44(16,40(46)49)42(12,13)14/h21-23,28-34,38-39H,19-20,24-27,47H2,1-18H3,(H2,46,49)(H,48,50)/t30?,31?,32?,33?,34?,38-,39+,43+,44?,45+/m1/s1/i29D. The van der Waals surface area contributed by atoms with Crippen molar-refractivity contribution < 1.29 is 29.9 Å². The summed E-state index contributed by atoms with van der Waals surface area (Å²) in [7, 11) is 1.69. The van der Waals surface area contributed by atoms with E-state index in [0.717, 1.165) is 12.0 Å². The molecule has 0 heterocycles. The molecule has 0 saturated heterocycles. The molecule has 0 spiro atoms. The number of primary amides is 1. The highest BCUT2D eigenvalue weighted by molar-refractivity contribution is 5.85. The third-order valence-corrected chi connectivity index (χ3v) is 13.3. The monoisotopic (exact) mass is 763 g/mol. The summed E-state index contributed by atoms with van der Waals surface area (Å²) < 4.78 is 32.4. The number of hydrogen-bond donors (Lipinski definition) is 3. The highest BCUT2D eigenvalue weighted by Gasteiger charge is 2.50. The molecule has 0 fully saturated rings. The number of hydrogen-bond acceptors (Lipinski definition) is 7. The normalized spacial score (nSPS) is 20.2. The molecule has 0 aromatic heterocycles. The van der Waals surface area contributed by atoms with Crippen molar-refractivity contribution in [2.45, 2.75) is 154 Å². The molecule has 0 aliphatic heterocycles. The Kier molecular flexibility index (Phi) is 18.3. The van der Waals surface area contributed by atoms with Gasteiger partial charge in [-0.1, -0.05) is 95.6 Å². The van der Waals surface area contributed by atoms with Gasteiger partial charge in [-0.3, -0.25) is 9.59 Å². The Labute approximate surface area is 332 Å². The molecular formula is C45H83N3O6. The molecule has 9 heteroatoms. The highest BCUT2D eigenvalue weighted by atomic mass is 16.5. The van der Waals surface area contributed by atoms with Crippen LogP contribution >= 0.6 is 0 Å². The molecular weight excluding hydrogens is 679 g/mol. The molecule has 9 nitrogen and oxygen atoms in total. The number of carbonyl (C=O) groups excluding carboxylic acids is 2. The summed E-state index contributed by atoms with van der Waals surface area (Å²) in [6.07, 6.45) is -0.0515. The van der Waals surface area contributed by atoms with Crippen molar-refractivity contribution in [3.05, 3.63) is 23.8 Å². The van der Waals surface area contributed by atoms with Crippen LogP contribution in [0.2, 0.25) is 0 Å². The van der Waals surface area contributed by atoms with Crippen molar-refractivity contribution in [3.8, 4) is 11.5 Å². The lowest BCUT2D eigenvalue weighted by molar-refractivity contribution is -0.141. The van der Waals surface area contributed by atoms with Crippen molar-refractivity contribution in [1.29, 1.82) is 0 Å². The molecule has 5 N–H and O–H groups in total. The van der Waals surface area contributed by atoms with Gasteiger partial charge in [0.2, 0.25) is 11.8 Å². The summed E-state index contributed by atoms with van der Waals surface area (Å²) >= 11 is 0. The van der Waals surface area contributed by atoms with Crippen LogP contribution in [0.4, 0.5) is 0 Å². The number of benzene rings is 1. The fourth-order valence-electron chi connectivity index (χ4n) is 7.75. The van der Waals surface area contributed by atoms with E-state index in [1.165, 1.54) is 0 Å². The summed E-state index contributed by atoms with van der Waals surface area (Å²) in [6, 6.07) is 6.23. The summed E-state index contributed by atoms with van der Waals surface area (Å²) in [6.45, 7) is 36.2. The van der Waals surface area contributed by atoms with Gasteiger partial charge in [0, 0.05) is 25.1 Å². The lowest BCUT2D eigenvalue weighted by atomic mass is 9.61. The average Bonchev–Trinajstić information content (AvgIpc) is 3.09. The minimum absolute atomic E-state index is 0.0231. The largest absolute Gasteiger partial charge is 0.490 e. The van der Waals surface area contributed by atoms with Crippen molar-refractivity contribution in [2.24, 2.45) is 63.2 Å². The molecule has 0 aliphatic rings. The lowest BCUT2D eigenvalue weighted by Crippen LogP contribution is -2.60. The molecule has 10 atom stereocenters. The topological polar surface area (TPSA) is 135 Å². The first-order chi connectivity index (χ1) is 25.0. The second-order valence-corrected chi connectivity index (χ2v) is 18.7. The molecule has 314 valence electrons. The van der Waals surface area contributed by atoms with Gasteiger partial charge < -0.3 is 35.7 Å². The second kappa shape index (κ2) is 20.7. The predicted molar refractivity (Wildman–Crippen MR) is 224 cm³/mol. The van der Waals surface area contributed by atoms with E-state index < -0.39 is 39.9 Å². The van der Waals surface area contributed by atoms with Gasteiger partial charge in [-0.15, -0.1) is 0 Å². The number of amides is 2. The van der Waals surface area contributed by atoms with Crippen LogP contribution in [0.25, 0.3) is 0 Å². The van der Waals surface area contributed by atoms with Gasteiger partial charge in [0.05, 0.1) is 44.2 Å². The third kappa shape index (κ3) is 12.3. The molecule has 0 radical (unpaired) electrons. The van der Waals surface area contributed by atoms with Gasteiger partial charge in [0.1, 0.15) is 0 Å². The molecule has 0 saturated carbocycles. The van der Waals surface area contributed by atoms with Crippen LogP contribution in [-0.4, -0.2) is 63.0 Å². The van der Waals surface area contributed by atoms with Crippen LogP contribution in [0.15, 0.2) is 18.2 Å². The quantitative estimate of drug-likeness (QED) is 0.0957. The van der Waals surface area contributed by atoms with E-state index in [4.69, 9.17) is 31.8 Å². The molecule has 0 aliphatic carbocycles. The number of carbonyl (C=O) groups is 2. The zero-order valence-electron chi connectivity index (χ0n) is 38.7. The van der Waals surface area contributed by atoms with E-state index >= 15 is 0 Å². The Morgan fingerprint density at radius 2 is 1.46 bits per heavy atom. The van der Waals surface area contributed by atoms with Crippen molar-refractivity contribution >= 4 is 11.8 Å². The Morgan fingerprint density at radius 3 is 1.93 bits per heavy atom. The van der Waals surface area contributed by atoms with Gasteiger partial charge in [-0.05, 0) is 99.7 Å². The predicted octanol–water partition coefficient (Wildman–Crippen LogP) is 9.00. The summed E-state index contributed by atoms with van der Waals surface area (Å²) in [4.78, 5) is 27.1. The summed E-state index contributed by atoms with van der Waals surface area (Å²) in [5, 5.41) is 3.16. The average molecular weight is 763 g/mol. The van der Waals surface area contributed by atoms with E-state index in [9.17, 15) is 9.59 Å². The fraction of sp³-hybridized carbons (Fsp3) is 0.822. The number of ether oxygens (including phenoxy) is 4. The first-order valence-corrected chi connectivity index (χ1v) is 20.5. The number of nitrogens with one attached hydrogen (secondary N) is 1. The number of methoxy groups -OCH3 is 1. The second-order valence-electron chi connectivity index (χ2n) is 18.7. The van der Waals surface area contributed by atoms with Crippen LogP contribution in [-0.2, 0) is 19.1 Å².